The molecule has 0 unspecified atom stereocenters. The van der Waals surface area contributed by atoms with Gasteiger partial charge >= 0.3 is 0 Å². The van der Waals surface area contributed by atoms with Crippen LogP contribution in [0, 0.1) is 9.39 Å². The third-order valence-electron chi connectivity index (χ3n) is 3.84. The first-order chi connectivity index (χ1) is 13.8. The molecule has 1 N–H and O–H groups in total. The maximum Gasteiger partial charge on any atom is 0.262 e. The van der Waals surface area contributed by atoms with Gasteiger partial charge in [-0.15, -0.1) is 0 Å². The molecule has 12 heteroatoms. The Morgan fingerprint density at radius 2 is 2.03 bits per heavy atom. The van der Waals surface area contributed by atoms with Crippen molar-refractivity contribution in [1.82, 2.24) is 4.98 Å². The Balaban J connectivity index is 0.000000687. The van der Waals surface area contributed by atoms with Crippen LogP contribution >= 0.6 is 44.0 Å². The van der Waals surface area contributed by atoms with Crippen LogP contribution in [0.15, 0.2) is 30.5 Å². The van der Waals surface area contributed by atoms with Crippen molar-refractivity contribution in [2.24, 2.45) is 0 Å². The third-order valence-corrected chi connectivity index (χ3v) is 4.74. The number of aromatic nitrogens is 1. The number of benzene rings is 1. The number of pyridine rings is 1. The monoisotopic (exact) mass is 575 g/mol. The van der Waals surface area contributed by atoms with Gasteiger partial charge in [0.15, 0.2) is 31.0 Å². The number of hydrogen-bond donors (Lipinski definition) is 1. The number of nitrogens with one attached hydrogen (secondary N) is 1. The second-order valence-electron chi connectivity index (χ2n) is 5.58. The number of rotatable bonds is 4. The van der Waals surface area contributed by atoms with E-state index in [-0.39, 0.29) is 11.7 Å². The van der Waals surface area contributed by atoms with Crippen molar-refractivity contribution in [1.29, 1.82) is 0 Å². The molecular weight excluding hydrogens is 559 g/mol. The normalized spacial score (nSPS) is 13.6. The van der Waals surface area contributed by atoms with Crippen LogP contribution in [-0.2, 0) is 14.3 Å². The molecule has 2 heterocycles. The van der Waals surface area contributed by atoms with E-state index in [1.54, 1.807) is 24.4 Å². The standard InChI is InChI=1S/C17H17FIN3O3.Cl2OS/c1-24-17-15(13(19)4-5-20-17)16(23)21-11-2-3-14(12(18)10-11)22-6-8-25-9-7-22;1-4(2)3/h2-5,10H,6-9H2,1H3,(H,21,23);. The first kappa shape index (κ1) is 24.2. The number of nitrogens with zero attached hydrogens (tertiary/aromatic N) is 2. The van der Waals surface area contributed by atoms with E-state index in [0.29, 0.717) is 46.8 Å². The van der Waals surface area contributed by atoms with E-state index < -0.39 is 15.5 Å². The molecule has 0 atom stereocenters. The van der Waals surface area contributed by atoms with Crippen molar-refractivity contribution in [2.45, 2.75) is 0 Å². The van der Waals surface area contributed by atoms with Gasteiger partial charge in [-0.05, 0) is 46.9 Å². The molecule has 7 nitrogen and oxygen atoms in total. The number of halogens is 4. The van der Waals surface area contributed by atoms with Crippen LogP contribution in [0.3, 0.4) is 0 Å². The first-order valence-electron chi connectivity index (χ1n) is 8.19. The zero-order valence-corrected chi connectivity index (χ0v) is 19.6. The molecule has 158 valence electrons. The number of morpholine rings is 1. The number of amides is 1. The molecule has 1 aliphatic rings. The second-order valence-corrected chi connectivity index (χ2v) is 9.27. The predicted molar refractivity (Wildman–Crippen MR) is 121 cm³/mol. The van der Waals surface area contributed by atoms with E-state index in [4.69, 9.17) is 14.0 Å². The Morgan fingerprint density at radius 3 is 2.62 bits per heavy atom. The van der Waals surface area contributed by atoms with Crippen molar-refractivity contribution in [3.05, 3.63) is 45.4 Å². The van der Waals surface area contributed by atoms with E-state index in [0.717, 1.165) is 0 Å². The van der Waals surface area contributed by atoms with Gasteiger partial charge in [0.05, 0.1) is 26.0 Å². The van der Waals surface area contributed by atoms with Gasteiger partial charge in [-0.25, -0.2) is 9.37 Å². The lowest BCUT2D eigenvalue weighted by atomic mass is 10.2. The van der Waals surface area contributed by atoms with Gasteiger partial charge in [-0.2, -0.15) is 0 Å². The van der Waals surface area contributed by atoms with Crippen LogP contribution < -0.4 is 15.0 Å². The second kappa shape index (κ2) is 12.0. The molecule has 1 aromatic carbocycles. The molecule has 1 aromatic heterocycles. The van der Waals surface area contributed by atoms with Crippen LogP contribution in [0.4, 0.5) is 15.8 Å². The van der Waals surface area contributed by atoms with Crippen LogP contribution in [0.1, 0.15) is 10.4 Å². The van der Waals surface area contributed by atoms with Crippen molar-refractivity contribution >= 4 is 70.8 Å². The molecule has 0 aliphatic carbocycles. The molecule has 0 spiro atoms. The lowest BCUT2D eigenvalue weighted by Crippen LogP contribution is -2.36. The molecule has 0 radical (unpaired) electrons. The minimum absolute atomic E-state index is 0.231. The van der Waals surface area contributed by atoms with Gasteiger partial charge < -0.3 is 24.2 Å². The average molecular weight is 576 g/mol. The fraction of sp³-hybridized carbons (Fsp3) is 0.294. The smallest absolute Gasteiger partial charge is 0.262 e. The molecule has 0 saturated carbocycles. The van der Waals surface area contributed by atoms with Crippen LogP contribution in [0.5, 0.6) is 5.88 Å². The fourth-order valence-electron chi connectivity index (χ4n) is 2.62. The maximum atomic E-state index is 14.4. The molecule has 1 fully saturated rings. The molecule has 29 heavy (non-hydrogen) atoms. The molecule has 0 bridgehead atoms. The topological polar surface area (TPSA) is 86.8 Å². The number of methoxy groups -OCH3 is 1. The van der Waals surface area contributed by atoms with E-state index in [9.17, 15) is 9.18 Å². The summed E-state index contributed by atoms with van der Waals surface area (Å²) in [7, 11) is 8.81. The highest BCUT2D eigenvalue weighted by Gasteiger charge is 2.19. The van der Waals surface area contributed by atoms with Crippen molar-refractivity contribution in [3.8, 4) is 5.88 Å². The van der Waals surface area contributed by atoms with Gasteiger partial charge in [0.2, 0.25) is 5.88 Å². The van der Waals surface area contributed by atoms with Crippen LogP contribution in [-0.4, -0.2) is 48.9 Å². The minimum atomic E-state index is -1.67. The molecule has 3 rings (SSSR count). The van der Waals surface area contributed by atoms with E-state index >= 15 is 0 Å². The zero-order valence-electron chi connectivity index (χ0n) is 15.2. The van der Waals surface area contributed by atoms with Crippen molar-refractivity contribution in [3.63, 3.8) is 0 Å². The van der Waals surface area contributed by atoms with Gasteiger partial charge in [0, 0.05) is 28.5 Å². The Kier molecular flexibility index (Phi) is 9.99. The summed E-state index contributed by atoms with van der Waals surface area (Å²) in [5.41, 5.74) is 1.21. The average Bonchev–Trinajstić information content (AvgIpc) is 2.68. The highest BCUT2D eigenvalue weighted by molar-refractivity contribution is 14.1. The van der Waals surface area contributed by atoms with Gasteiger partial charge in [-0.1, -0.05) is 0 Å². The summed E-state index contributed by atoms with van der Waals surface area (Å²) >= 11 is 2.04. The zero-order chi connectivity index (χ0) is 21.4. The summed E-state index contributed by atoms with van der Waals surface area (Å²) in [6, 6.07) is 6.38. The Labute approximate surface area is 193 Å². The largest absolute Gasteiger partial charge is 0.582 e. The molecule has 1 saturated heterocycles. The SMILES string of the molecule is COc1nccc(I)c1C(=O)Nc1ccc(N2CCOCC2)c(F)c1.[O-][S+](Cl)Cl. The minimum Gasteiger partial charge on any atom is -0.582 e. The quantitative estimate of drug-likeness (QED) is 0.439. The summed E-state index contributed by atoms with van der Waals surface area (Å²) in [4.78, 5) is 18.5. The lowest BCUT2D eigenvalue weighted by molar-refractivity contribution is 0.102. The fourth-order valence-corrected chi connectivity index (χ4v) is 3.26. The maximum absolute atomic E-state index is 14.4. The highest BCUT2D eigenvalue weighted by atomic mass is 127. The van der Waals surface area contributed by atoms with Crippen molar-refractivity contribution < 1.29 is 23.2 Å². The Bertz CT molecular complexity index is 842. The highest BCUT2D eigenvalue weighted by Crippen LogP contribution is 2.26. The van der Waals surface area contributed by atoms with Gasteiger partial charge in [-0.3, -0.25) is 4.79 Å². The van der Waals surface area contributed by atoms with E-state index in [2.05, 4.69) is 31.7 Å². The number of anilines is 2. The van der Waals surface area contributed by atoms with E-state index in [1.165, 1.54) is 13.2 Å². The molecule has 2 aromatic rings. The number of carbonyl (C=O) groups excluding carboxylic acids is 1. The number of carbonyl (C=O) groups is 1. The Morgan fingerprint density at radius 1 is 1.38 bits per heavy atom. The number of hydrogen-bond acceptors (Lipinski definition) is 6. The Hall–Kier alpha value is -1.05. The van der Waals surface area contributed by atoms with E-state index in [1.807, 2.05) is 27.5 Å². The lowest BCUT2D eigenvalue weighted by Gasteiger charge is -2.29. The first-order valence-corrected chi connectivity index (χ1v) is 12.1. The van der Waals surface area contributed by atoms with Gasteiger partial charge in [0.25, 0.3) is 5.91 Å². The molecule has 1 amide bonds. The summed E-state index contributed by atoms with van der Waals surface area (Å²) in [6.07, 6.45) is 1.56. The van der Waals surface area contributed by atoms with Crippen LogP contribution in [0.25, 0.3) is 0 Å². The summed E-state index contributed by atoms with van der Waals surface area (Å²) in [5.74, 6) is -0.546. The molecule has 1 aliphatic heterocycles. The summed E-state index contributed by atoms with van der Waals surface area (Å²) in [5, 5.41) is 2.70. The van der Waals surface area contributed by atoms with Crippen molar-refractivity contribution in [2.75, 3.05) is 43.6 Å². The third kappa shape index (κ3) is 7.30. The molecular formula is C17H17Cl2FIN3O4S. The summed E-state index contributed by atoms with van der Waals surface area (Å²) in [6.45, 7) is 2.45. The van der Waals surface area contributed by atoms with Gasteiger partial charge in [0.1, 0.15) is 11.4 Å². The summed E-state index contributed by atoms with van der Waals surface area (Å²) < 4.78 is 34.6. The van der Waals surface area contributed by atoms with Crippen LogP contribution in [0.2, 0.25) is 0 Å². The predicted octanol–water partition coefficient (Wildman–Crippen LogP) is 3.97. The number of ether oxygens (including phenoxy) is 2.